The second-order valence-electron chi connectivity index (χ2n) is 7.48. The van der Waals surface area contributed by atoms with Crippen LogP contribution in [0.1, 0.15) is 58.3 Å². The molecule has 1 aliphatic heterocycles. The first kappa shape index (κ1) is 17.2. The normalized spacial score (nSPS) is 27.1. The van der Waals surface area contributed by atoms with Crippen LogP contribution >= 0.6 is 0 Å². The summed E-state index contributed by atoms with van der Waals surface area (Å²) in [6.07, 6.45) is 11.3. The average Bonchev–Trinajstić information content (AvgIpc) is 2.52. The molecule has 2 unspecified atom stereocenters. The van der Waals surface area contributed by atoms with E-state index >= 15 is 0 Å². The Morgan fingerprint density at radius 2 is 1.86 bits per heavy atom. The molecule has 0 aromatic heterocycles. The molecule has 1 heterocycles. The molecule has 0 amide bonds. The zero-order valence-electron chi connectivity index (χ0n) is 14.6. The number of likely N-dealkylation sites (N-methyl/N-ethyl adjacent to an activating group) is 1. The van der Waals surface area contributed by atoms with Crippen LogP contribution in [0.5, 0.6) is 0 Å². The fourth-order valence-corrected chi connectivity index (χ4v) is 4.14. The first-order valence-corrected chi connectivity index (χ1v) is 9.33. The summed E-state index contributed by atoms with van der Waals surface area (Å²) in [6, 6.07) is 1.49. The van der Waals surface area contributed by atoms with E-state index in [-0.39, 0.29) is 0 Å². The lowest BCUT2D eigenvalue weighted by Crippen LogP contribution is -2.52. The highest BCUT2D eigenvalue weighted by molar-refractivity contribution is 4.85. The van der Waals surface area contributed by atoms with Gasteiger partial charge in [0.1, 0.15) is 0 Å². The second-order valence-corrected chi connectivity index (χ2v) is 7.48. The monoisotopic (exact) mass is 295 g/mol. The van der Waals surface area contributed by atoms with Crippen molar-refractivity contribution in [3.8, 4) is 0 Å². The average molecular weight is 296 g/mol. The first-order chi connectivity index (χ1) is 10.2. The predicted molar refractivity (Wildman–Crippen MR) is 91.8 cm³/mol. The lowest BCUT2D eigenvalue weighted by Gasteiger charge is -2.40. The molecule has 1 N–H and O–H groups in total. The van der Waals surface area contributed by atoms with Crippen LogP contribution in [0.25, 0.3) is 0 Å². The highest BCUT2D eigenvalue weighted by Crippen LogP contribution is 2.27. The molecule has 1 saturated carbocycles. The molecule has 124 valence electrons. The Bertz CT molecular complexity index is 274. The maximum atomic E-state index is 3.88. The molecule has 3 heteroatoms. The van der Waals surface area contributed by atoms with E-state index in [2.05, 4.69) is 36.1 Å². The van der Waals surface area contributed by atoms with Crippen LogP contribution in [0.15, 0.2) is 0 Å². The fourth-order valence-electron chi connectivity index (χ4n) is 4.14. The molecule has 21 heavy (non-hydrogen) atoms. The number of nitrogens with zero attached hydrogens (tertiary/aromatic N) is 2. The van der Waals surface area contributed by atoms with Crippen LogP contribution in [-0.4, -0.2) is 62.2 Å². The Labute approximate surface area is 132 Å². The highest BCUT2D eigenvalue weighted by Gasteiger charge is 2.28. The van der Waals surface area contributed by atoms with Crippen molar-refractivity contribution in [1.29, 1.82) is 0 Å². The minimum atomic E-state index is 0.728. The molecular weight excluding hydrogens is 258 g/mol. The Hall–Kier alpha value is -0.120. The molecule has 2 rings (SSSR count). The van der Waals surface area contributed by atoms with Crippen LogP contribution in [0.2, 0.25) is 0 Å². The minimum absolute atomic E-state index is 0.728. The number of nitrogens with one attached hydrogen (secondary N) is 1. The molecule has 1 aliphatic carbocycles. The summed E-state index contributed by atoms with van der Waals surface area (Å²) >= 11 is 0. The van der Waals surface area contributed by atoms with Crippen LogP contribution in [0, 0.1) is 5.92 Å². The van der Waals surface area contributed by atoms with Gasteiger partial charge in [-0.15, -0.1) is 0 Å². The Morgan fingerprint density at radius 3 is 2.52 bits per heavy atom. The van der Waals surface area contributed by atoms with Gasteiger partial charge in [-0.25, -0.2) is 0 Å². The van der Waals surface area contributed by atoms with Crippen molar-refractivity contribution in [3.05, 3.63) is 0 Å². The van der Waals surface area contributed by atoms with Gasteiger partial charge in [-0.1, -0.05) is 26.2 Å². The van der Waals surface area contributed by atoms with Gasteiger partial charge in [-0.2, -0.15) is 0 Å². The zero-order chi connectivity index (χ0) is 15.1. The summed E-state index contributed by atoms with van der Waals surface area (Å²) < 4.78 is 0. The van der Waals surface area contributed by atoms with Crippen molar-refractivity contribution in [1.82, 2.24) is 15.1 Å². The van der Waals surface area contributed by atoms with Crippen LogP contribution in [-0.2, 0) is 0 Å². The van der Waals surface area contributed by atoms with E-state index in [9.17, 15) is 0 Å². The van der Waals surface area contributed by atoms with Gasteiger partial charge in [-0.05, 0) is 65.2 Å². The van der Waals surface area contributed by atoms with E-state index in [0.717, 1.165) is 18.0 Å². The highest BCUT2D eigenvalue weighted by atomic mass is 15.2. The van der Waals surface area contributed by atoms with Gasteiger partial charge >= 0.3 is 0 Å². The van der Waals surface area contributed by atoms with Gasteiger partial charge in [0, 0.05) is 25.2 Å². The van der Waals surface area contributed by atoms with Crippen LogP contribution < -0.4 is 5.32 Å². The van der Waals surface area contributed by atoms with Gasteiger partial charge in [0.15, 0.2) is 0 Å². The Balaban J connectivity index is 1.87. The van der Waals surface area contributed by atoms with Crippen molar-refractivity contribution >= 4 is 0 Å². The Morgan fingerprint density at radius 1 is 1.10 bits per heavy atom. The molecule has 0 spiro atoms. The second kappa shape index (κ2) is 9.12. The molecule has 2 fully saturated rings. The third-order valence-electron chi connectivity index (χ3n) is 5.54. The molecular formula is C18H37N3. The Kier molecular flexibility index (Phi) is 7.48. The van der Waals surface area contributed by atoms with Gasteiger partial charge in [0.05, 0.1) is 0 Å². The lowest BCUT2D eigenvalue weighted by atomic mass is 9.83. The van der Waals surface area contributed by atoms with Crippen molar-refractivity contribution in [2.24, 2.45) is 5.92 Å². The van der Waals surface area contributed by atoms with Gasteiger partial charge in [-0.3, -0.25) is 0 Å². The van der Waals surface area contributed by atoms with Gasteiger partial charge in [0.2, 0.25) is 0 Å². The van der Waals surface area contributed by atoms with Gasteiger partial charge in [0.25, 0.3) is 0 Å². The number of hydrogen-bond donors (Lipinski definition) is 1. The third-order valence-corrected chi connectivity index (χ3v) is 5.54. The molecule has 3 nitrogen and oxygen atoms in total. The zero-order valence-corrected chi connectivity index (χ0v) is 14.6. The largest absolute Gasteiger partial charge is 0.312 e. The standard InChI is InChI=1S/C18H37N3/c1-4-12-19-18(16-9-6-5-7-10-16)15-21-13-8-11-17(14-21)20(2)3/h16-19H,4-15H2,1-3H3. The summed E-state index contributed by atoms with van der Waals surface area (Å²) in [5.74, 6) is 0.921. The van der Waals surface area contributed by atoms with E-state index < -0.39 is 0 Å². The van der Waals surface area contributed by atoms with E-state index in [1.807, 2.05) is 0 Å². The summed E-state index contributed by atoms with van der Waals surface area (Å²) in [6.45, 7) is 7.32. The van der Waals surface area contributed by atoms with Crippen molar-refractivity contribution in [3.63, 3.8) is 0 Å². The number of hydrogen-bond acceptors (Lipinski definition) is 3. The SMILES string of the molecule is CCCNC(CN1CCCC(N(C)C)C1)C1CCCCC1. The molecule has 0 aromatic carbocycles. The quantitative estimate of drug-likeness (QED) is 0.779. The number of likely N-dealkylation sites (tertiary alicyclic amines) is 1. The molecule has 0 bridgehead atoms. The van der Waals surface area contributed by atoms with Crippen molar-refractivity contribution in [2.45, 2.75) is 70.4 Å². The molecule has 0 radical (unpaired) electrons. The number of piperidine rings is 1. The first-order valence-electron chi connectivity index (χ1n) is 9.33. The predicted octanol–water partition coefficient (Wildman–Crippen LogP) is 2.96. The van der Waals surface area contributed by atoms with Crippen molar-refractivity contribution < 1.29 is 0 Å². The topological polar surface area (TPSA) is 18.5 Å². The smallest absolute Gasteiger partial charge is 0.0223 e. The van der Waals surface area contributed by atoms with E-state index in [4.69, 9.17) is 0 Å². The van der Waals surface area contributed by atoms with E-state index in [1.54, 1.807) is 0 Å². The fraction of sp³-hybridized carbons (Fsp3) is 1.00. The minimum Gasteiger partial charge on any atom is -0.312 e. The van der Waals surface area contributed by atoms with Crippen LogP contribution in [0.3, 0.4) is 0 Å². The van der Waals surface area contributed by atoms with E-state index in [0.29, 0.717) is 0 Å². The van der Waals surface area contributed by atoms with Gasteiger partial charge < -0.3 is 15.1 Å². The maximum absolute atomic E-state index is 3.88. The molecule has 1 saturated heterocycles. The van der Waals surface area contributed by atoms with E-state index in [1.165, 1.54) is 77.5 Å². The molecule has 2 aliphatic rings. The summed E-state index contributed by atoms with van der Waals surface area (Å²) in [5.41, 5.74) is 0. The molecule has 0 aromatic rings. The summed E-state index contributed by atoms with van der Waals surface area (Å²) in [5, 5.41) is 3.88. The van der Waals surface area contributed by atoms with Crippen molar-refractivity contribution in [2.75, 3.05) is 40.3 Å². The third kappa shape index (κ3) is 5.54. The summed E-state index contributed by atoms with van der Waals surface area (Å²) in [4.78, 5) is 5.15. The molecule has 2 atom stereocenters. The summed E-state index contributed by atoms with van der Waals surface area (Å²) in [7, 11) is 4.48. The number of rotatable bonds is 7. The maximum Gasteiger partial charge on any atom is 0.0223 e. The van der Waals surface area contributed by atoms with Crippen LogP contribution in [0.4, 0.5) is 0 Å². The lowest BCUT2D eigenvalue weighted by molar-refractivity contribution is 0.108.